The first-order chi connectivity index (χ1) is 9.29. The van der Waals surface area contributed by atoms with E-state index in [1.54, 1.807) is 22.9 Å². The van der Waals surface area contributed by atoms with Gasteiger partial charge in [-0.05, 0) is 34.7 Å². The van der Waals surface area contributed by atoms with Crippen molar-refractivity contribution in [2.45, 2.75) is 11.7 Å². The van der Waals surface area contributed by atoms with Gasteiger partial charge in [-0.15, -0.1) is 11.7 Å². The molecule has 0 saturated heterocycles. The number of benzene rings is 1. The second-order valence-corrected chi connectivity index (χ2v) is 4.65. The molecular formula is C12H13FN4OS. The second kappa shape index (κ2) is 6.89. The number of thioether (sulfide) groups is 1. The Bertz CT molecular complexity index is 529. The van der Waals surface area contributed by atoms with Crippen molar-refractivity contribution < 1.29 is 9.13 Å². The molecular weight excluding hydrogens is 267 g/mol. The Morgan fingerprint density at radius 1 is 1.37 bits per heavy atom. The van der Waals surface area contributed by atoms with Gasteiger partial charge in [-0.25, -0.2) is 9.07 Å². The first-order valence-electron chi connectivity index (χ1n) is 5.68. The van der Waals surface area contributed by atoms with Crippen LogP contribution in [-0.4, -0.2) is 32.6 Å². The molecule has 0 N–H and O–H groups in total. The Balaban J connectivity index is 1.75. The van der Waals surface area contributed by atoms with E-state index in [4.69, 9.17) is 4.74 Å². The van der Waals surface area contributed by atoms with E-state index in [0.29, 0.717) is 24.7 Å². The highest BCUT2D eigenvalue weighted by molar-refractivity contribution is 7.99. The summed E-state index contributed by atoms with van der Waals surface area (Å²) in [6, 6.07) is 5.93. The molecule has 0 aliphatic carbocycles. The van der Waals surface area contributed by atoms with Gasteiger partial charge in [-0.1, -0.05) is 17.8 Å². The van der Waals surface area contributed by atoms with Crippen molar-refractivity contribution in [2.24, 2.45) is 0 Å². The van der Waals surface area contributed by atoms with Crippen molar-refractivity contribution in [1.29, 1.82) is 0 Å². The van der Waals surface area contributed by atoms with E-state index in [0.717, 1.165) is 5.16 Å². The van der Waals surface area contributed by atoms with E-state index in [-0.39, 0.29) is 5.82 Å². The molecule has 7 heteroatoms. The molecule has 2 rings (SSSR count). The summed E-state index contributed by atoms with van der Waals surface area (Å²) in [7, 11) is 0. The monoisotopic (exact) mass is 280 g/mol. The van der Waals surface area contributed by atoms with Gasteiger partial charge in [0.05, 0.1) is 13.2 Å². The van der Waals surface area contributed by atoms with Crippen LogP contribution in [0.4, 0.5) is 4.39 Å². The Kier molecular flexibility index (Phi) is 4.91. The van der Waals surface area contributed by atoms with Crippen molar-refractivity contribution in [2.75, 3.05) is 12.4 Å². The molecule has 0 amide bonds. The number of tetrazole rings is 1. The summed E-state index contributed by atoms with van der Waals surface area (Å²) >= 11 is 1.50. The first kappa shape index (κ1) is 13.5. The quantitative estimate of drug-likeness (QED) is 0.442. The van der Waals surface area contributed by atoms with Gasteiger partial charge in [0.15, 0.2) is 0 Å². The lowest BCUT2D eigenvalue weighted by atomic mass is 10.3. The van der Waals surface area contributed by atoms with Crippen LogP contribution in [0.2, 0.25) is 0 Å². The van der Waals surface area contributed by atoms with E-state index in [2.05, 4.69) is 22.1 Å². The van der Waals surface area contributed by atoms with Crippen LogP contribution in [-0.2, 0) is 6.54 Å². The first-order valence-corrected chi connectivity index (χ1v) is 6.66. The lowest BCUT2D eigenvalue weighted by molar-refractivity contribution is 0.343. The standard InChI is InChI=1S/C12H13FN4OS/c1-2-7-17-12(14-15-16-17)19-9-8-18-11-5-3-10(13)4-6-11/h2-6H,1,7-9H2. The lowest BCUT2D eigenvalue weighted by Gasteiger charge is -2.05. The molecule has 5 nitrogen and oxygen atoms in total. The number of allylic oxidation sites excluding steroid dienone is 1. The van der Waals surface area contributed by atoms with Crippen LogP contribution in [0.3, 0.4) is 0 Å². The molecule has 0 saturated carbocycles. The van der Waals surface area contributed by atoms with Crippen LogP contribution >= 0.6 is 11.8 Å². The largest absolute Gasteiger partial charge is 0.493 e. The summed E-state index contributed by atoms with van der Waals surface area (Å²) in [5.41, 5.74) is 0. The minimum Gasteiger partial charge on any atom is -0.493 e. The zero-order valence-electron chi connectivity index (χ0n) is 10.2. The van der Waals surface area contributed by atoms with Crippen LogP contribution in [0.5, 0.6) is 5.75 Å². The molecule has 0 radical (unpaired) electrons. The van der Waals surface area contributed by atoms with Crippen LogP contribution < -0.4 is 4.74 Å². The van der Waals surface area contributed by atoms with Crippen molar-refractivity contribution >= 4 is 11.8 Å². The highest BCUT2D eigenvalue weighted by Crippen LogP contribution is 2.15. The zero-order chi connectivity index (χ0) is 13.5. The van der Waals surface area contributed by atoms with Crippen molar-refractivity contribution in [3.8, 4) is 5.75 Å². The Hall–Kier alpha value is -1.89. The van der Waals surface area contributed by atoms with E-state index >= 15 is 0 Å². The lowest BCUT2D eigenvalue weighted by Crippen LogP contribution is -2.03. The summed E-state index contributed by atoms with van der Waals surface area (Å²) in [6.07, 6.45) is 1.73. The van der Waals surface area contributed by atoms with Crippen LogP contribution in [0, 0.1) is 5.82 Å². The number of hydrogen-bond acceptors (Lipinski definition) is 5. The molecule has 1 aromatic carbocycles. The highest BCUT2D eigenvalue weighted by Gasteiger charge is 2.05. The van der Waals surface area contributed by atoms with Crippen molar-refractivity contribution in [3.63, 3.8) is 0 Å². The third-order valence-electron chi connectivity index (χ3n) is 2.20. The maximum atomic E-state index is 12.7. The number of ether oxygens (including phenoxy) is 1. The van der Waals surface area contributed by atoms with Gasteiger partial charge in [0.25, 0.3) is 0 Å². The minimum absolute atomic E-state index is 0.273. The molecule has 100 valence electrons. The van der Waals surface area contributed by atoms with Gasteiger partial charge in [-0.3, -0.25) is 0 Å². The molecule has 0 aliphatic rings. The van der Waals surface area contributed by atoms with E-state index < -0.39 is 0 Å². The fourth-order valence-electron chi connectivity index (χ4n) is 1.36. The zero-order valence-corrected chi connectivity index (χ0v) is 11.0. The molecule has 2 aromatic rings. The fourth-order valence-corrected chi connectivity index (χ4v) is 2.06. The normalized spacial score (nSPS) is 10.4. The molecule has 0 spiro atoms. The molecule has 0 atom stereocenters. The Labute approximate surface area is 114 Å². The van der Waals surface area contributed by atoms with E-state index in [1.807, 2.05) is 0 Å². The fraction of sp³-hybridized carbons (Fsp3) is 0.250. The maximum Gasteiger partial charge on any atom is 0.209 e. The van der Waals surface area contributed by atoms with E-state index in [9.17, 15) is 4.39 Å². The average Bonchev–Trinajstić information content (AvgIpc) is 2.85. The average molecular weight is 280 g/mol. The van der Waals surface area contributed by atoms with Gasteiger partial charge >= 0.3 is 0 Å². The van der Waals surface area contributed by atoms with E-state index in [1.165, 1.54) is 23.9 Å². The van der Waals surface area contributed by atoms with Crippen molar-refractivity contribution in [3.05, 3.63) is 42.7 Å². The smallest absolute Gasteiger partial charge is 0.209 e. The number of hydrogen-bond donors (Lipinski definition) is 0. The van der Waals surface area contributed by atoms with Crippen LogP contribution in [0.25, 0.3) is 0 Å². The third kappa shape index (κ3) is 4.06. The summed E-state index contributed by atoms with van der Waals surface area (Å²) in [6.45, 7) is 4.71. The summed E-state index contributed by atoms with van der Waals surface area (Å²) in [5.74, 6) is 1.08. The number of halogens is 1. The molecule has 0 aliphatic heterocycles. The molecule has 0 bridgehead atoms. The number of nitrogens with zero attached hydrogens (tertiary/aromatic N) is 4. The Morgan fingerprint density at radius 2 is 2.16 bits per heavy atom. The summed E-state index contributed by atoms with van der Waals surface area (Å²) in [4.78, 5) is 0. The third-order valence-corrected chi connectivity index (χ3v) is 3.12. The highest BCUT2D eigenvalue weighted by atomic mass is 32.2. The summed E-state index contributed by atoms with van der Waals surface area (Å²) < 4.78 is 19.8. The second-order valence-electron chi connectivity index (χ2n) is 3.58. The predicted molar refractivity (Wildman–Crippen MR) is 70.6 cm³/mol. The summed E-state index contributed by atoms with van der Waals surface area (Å²) in [5, 5.41) is 12.1. The minimum atomic E-state index is -0.273. The van der Waals surface area contributed by atoms with Crippen molar-refractivity contribution in [1.82, 2.24) is 20.2 Å². The van der Waals surface area contributed by atoms with Gasteiger partial charge in [0.2, 0.25) is 5.16 Å². The van der Waals surface area contributed by atoms with Gasteiger partial charge in [0, 0.05) is 5.75 Å². The molecule has 19 heavy (non-hydrogen) atoms. The molecule has 0 fully saturated rings. The topological polar surface area (TPSA) is 52.8 Å². The Morgan fingerprint density at radius 3 is 2.89 bits per heavy atom. The van der Waals surface area contributed by atoms with Gasteiger partial charge in [0.1, 0.15) is 11.6 Å². The number of rotatable bonds is 7. The SMILES string of the molecule is C=CCn1nnnc1SCCOc1ccc(F)cc1. The molecule has 0 unspecified atom stereocenters. The van der Waals surface area contributed by atoms with Gasteiger partial charge in [-0.2, -0.15) is 0 Å². The van der Waals surface area contributed by atoms with Crippen LogP contribution in [0.1, 0.15) is 0 Å². The van der Waals surface area contributed by atoms with Crippen LogP contribution in [0.15, 0.2) is 42.1 Å². The maximum absolute atomic E-state index is 12.7. The van der Waals surface area contributed by atoms with Gasteiger partial charge < -0.3 is 4.74 Å². The molecule has 1 aromatic heterocycles. The molecule has 1 heterocycles. The predicted octanol–water partition coefficient (Wildman–Crippen LogP) is 2.17. The number of aromatic nitrogens is 4.